The fourth-order valence-electron chi connectivity index (χ4n) is 2.99. The summed E-state index contributed by atoms with van der Waals surface area (Å²) < 4.78 is 1.47. The van der Waals surface area contributed by atoms with Crippen molar-refractivity contribution in [1.82, 2.24) is 14.8 Å². The Hall–Kier alpha value is -1.33. The number of pyridine rings is 1. The van der Waals surface area contributed by atoms with E-state index in [4.69, 9.17) is 0 Å². The van der Waals surface area contributed by atoms with Gasteiger partial charge >= 0.3 is 0 Å². The van der Waals surface area contributed by atoms with Crippen LogP contribution in [-0.2, 0) is 7.05 Å². The second-order valence-electron chi connectivity index (χ2n) is 5.54. The molecule has 110 valence electrons. The van der Waals surface area contributed by atoms with Crippen LogP contribution in [0.25, 0.3) is 0 Å². The van der Waals surface area contributed by atoms with E-state index in [0.29, 0.717) is 17.6 Å². The minimum absolute atomic E-state index is 0. The van der Waals surface area contributed by atoms with Gasteiger partial charge in [-0.25, -0.2) is 0 Å². The molecule has 0 radical (unpaired) electrons. The molecule has 0 spiro atoms. The van der Waals surface area contributed by atoms with E-state index in [1.807, 2.05) is 4.90 Å². The summed E-state index contributed by atoms with van der Waals surface area (Å²) in [5.41, 5.74) is 0.362. The number of carbonyl (C=O) groups is 1. The van der Waals surface area contributed by atoms with Crippen LogP contribution < -0.4 is 10.9 Å². The molecule has 2 aliphatic heterocycles. The van der Waals surface area contributed by atoms with E-state index in [9.17, 15) is 9.59 Å². The molecule has 2 aliphatic rings. The molecule has 0 saturated carbocycles. The van der Waals surface area contributed by atoms with Crippen molar-refractivity contribution in [2.45, 2.75) is 31.3 Å². The number of fused-ring (bicyclic) bond motifs is 2. The zero-order valence-electron chi connectivity index (χ0n) is 11.5. The Bertz CT molecular complexity index is 558. The number of halogens is 1. The van der Waals surface area contributed by atoms with Crippen molar-refractivity contribution < 1.29 is 4.79 Å². The third kappa shape index (κ3) is 2.88. The van der Waals surface area contributed by atoms with Crippen molar-refractivity contribution in [1.29, 1.82) is 0 Å². The Labute approximate surface area is 124 Å². The van der Waals surface area contributed by atoms with Crippen LogP contribution >= 0.6 is 12.4 Å². The summed E-state index contributed by atoms with van der Waals surface area (Å²) in [4.78, 5) is 25.9. The predicted molar refractivity (Wildman–Crippen MR) is 79.4 cm³/mol. The molecular formula is C14H20ClN3O2. The second-order valence-corrected chi connectivity index (χ2v) is 5.54. The third-order valence-corrected chi connectivity index (χ3v) is 4.16. The maximum atomic E-state index is 12.4. The first-order chi connectivity index (χ1) is 9.13. The Balaban J connectivity index is 0.00000147. The lowest BCUT2D eigenvalue weighted by molar-refractivity contribution is 0.0748. The van der Waals surface area contributed by atoms with Crippen molar-refractivity contribution >= 4 is 18.3 Å². The molecule has 2 saturated heterocycles. The lowest BCUT2D eigenvalue weighted by atomic mass is 10.1. The molecule has 3 rings (SSSR count). The molecule has 5 nitrogen and oxygen atoms in total. The SMILES string of the molecule is Cl.Cn1ccc(C(=O)N2CCC3CCC(C2)N3)cc1=O. The van der Waals surface area contributed by atoms with Gasteiger partial charge in [-0.05, 0) is 25.3 Å². The zero-order chi connectivity index (χ0) is 13.4. The number of carbonyl (C=O) groups excluding carboxylic acids is 1. The van der Waals surface area contributed by atoms with Gasteiger partial charge in [0.25, 0.3) is 11.5 Å². The number of rotatable bonds is 1. The number of nitrogens with zero attached hydrogens (tertiary/aromatic N) is 2. The normalized spacial score (nSPS) is 24.9. The summed E-state index contributed by atoms with van der Waals surface area (Å²) in [6, 6.07) is 4.13. The van der Waals surface area contributed by atoms with Gasteiger partial charge in [0.1, 0.15) is 0 Å². The molecule has 0 aromatic carbocycles. The molecule has 1 aromatic heterocycles. The van der Waals surface area contributed by atoms with E-state index in [1.54, 1.807) is 19.3 Å². The van der Waals surface area contributed by atoms with Gasteiger partial charge in [-0.15, -0.1) is 12.4 Å². The Kier molecular flexibility index (Phi) is 4.50. The van der Waals surface area contributed by atoms with Crippen molar-refractivity contribution in [2.75, 3.05) is 13.1 Å². The Morgan fingerprint density at radius 2 is 2.05 bits per heavy atom. The van der Waals surface area contributed by atoms with Gasteiger partial charge in [0.05, 0.1) is 0 Å². The van der Waals surface area contributed by atoms with Crippen LogP contribution in [0.15, 0.2) is 23.1 Å². The number of likely N-dealkylation sites (tertiary alicyclic amines) is 1. The van der Waals surface area contributed by atoms with E-state index < -0.39 is 0 Å². The number of amides is 1. The van der Waals surface area contributed by atoms with E-state index in [-0.39, 0.29) is 23.9 Å². The van der Waals surface area contributed by atoms with E-state index in [0.717, 1.165) is 25.9 Å². The number of hydrogen-bond donors (Lipinski definition) is 1. The minimum Gasteiger partial charge on any atom is -0.337 e. The minimum atomic E-state index is -0.139. The van der Waals surface area contributed by atoms with Gasteiger partial charge in [-0.1, -0.05) is 0 Å². The summed E-state index contributed by atoms with van der Waals surface area (Å²) in [6.07, 6.45) is 5.02. The second kappa shape index (κ2) is 5.97. The highest BCUT2D eigenvalue weighted by Crippen LogP contribution is 2.21. The number of aromatic nitrogens is 1. The van der Waals surface area contributed by atoms with Crippen molar-refractivity contribution in [3.8, 4) is 0 Å². The maximum absolute atomic E-state index is 12.4. The average molecular weight is 298 g/mol. The van der Waals surface area contributed by atoms with Crippen LogP contribution in [-0.4, -0.2) is 40.5 Å². The molecular weight excluding hydrogens is 278 g/mol. The standard InChI is InChI=1S/C14H19N3O2.ClH/c1-16-6-4-10(8-13(16)18)14(19)17-7-5-11-2-3-12(9-17)15-11;/h4,6,8,11-12,15H,2-3,5,7,9H2,1H3;1H. The molecule has 1 N–H and O–H groups in total. The first kappa shape index (κ1) is 15.1. The van der Waals surface area contributed by atoms with Gasteiger partial charge in [-0.3, -0.25) is 9.59 Å². The molecule has 2 bridgehead atoms. The third-order valence-electron chi connectivity index (χ3n) is 4.16. The number of aryl methyl sites for hydroxylation is 1. The van der Waals surface area contributed by atoms with E-state index in [2.05, 4.69) is 5.32 Å². The molecule has 20 heavy (non-hydrogen) atoms. The van der Waals surface area contributed by atoms with Crippen LogP contribution in [0.5, 0.6) is 0 Å². The predicted octanol–water partition coefficient (Wildman–Crippen LogP) is 0.774. The van der Waals surface area contributed by atoms with Crippen LogP contribution in [0.2, 0.25) is 0 Å². The Morgan fingerprint density at radius 1 is 1.30 bits per heavy atom. The fourth-order valence-corrected chi connectivity index (χ4v) is 2.99. The summed E-state index contributed by atoms with van der Waals surface area (Å²) >= 11 is 0. The first-order valence-corrected chi connectivity index (χ1v) is 6.85. The topological polar surface area (TPSA) is 54.3 Å². The molecule has 2 fully saturated rings. The van der Waals surface area contributed by atoms with Gasteiger partial charge in [0.2, 0.25) is 0 Å². The maximum Gasteiger partial charge on any atom is 0.254 e. The average Bonchev–Trinajstić information content (AvgIpc) is 2.72. The summed E-state index contributed by atoms with van der Waals surface area (Å²) in [5, 5.41) is 3.55. The van der Waals surface area contributed by atoms with Gasteiger partial charge in [-0.2, -0.15) is 0 Å². The van der Waals surface area contributed by atoms with Gasteiger partial charge < -0.3 is 14.8 Å². The lowest BCUT2D eigenvalue weighted by Crippen LogP contribution is -2.39. The molecule has 3 heterocycles. The molecule has 1 amide bonds. The zero-order valence-corrected chi connectivity index (χ0v) is 12.4. The molecule has 2 atom stereocenters. The number of nitrogens with one attached hydrogen (secondary N) is 1. The quantitative estimate of drug-likeness (QED) is 0.833. The molecule has 1 aromatic rings. The van der Waals surface area contributed by atoms with Crippen molar-refractivity contribution in [3.63, 3.8) is 0 Å². The summed E-state index contributed by atoms with van der Waals surface area (Å²) in [6.45, 7) is 1.53. The molecule has 2 unspecified atom stereocenters. The van der Waals surface area contributed by atoms with Crippen LogP contribution in [0, 0.1) is 0 Å². The molecule has 6 heteroatoms. The highest BCUT2D eigenvalue weighted by Gasteiger charge is 2.31. The fraction of sp³-hybridized carbons (Fsp3) is 0.571. The van der Waals surface area contributed by atoms with Gasteiger partial charge in [0, 0.05) is 50.0 Å². The van der Waals surface area contributed by atoms with Gasteiger partial charge in [0.15, 0.2) is 0 Å². The highest BCUT2D eigenvalue weighted by molar-refractivity contribution is 5.94. The largest absolute Gasteiger partial charge is 0.337 e. The summed E-state index contributed by atoms with van der Waals surface area (Å²) in [5.74, 6) is -0.0212. The lowest BCUT2D eigenvalue weighted by Gasteiger charge is -2.24. The molecule has 0 aliphatic carbocycles. The number of hydrogen-bond acceptors (Lipinski definition) is 3. The van der Waals surface area contributed by atoms with E-state index in [1.165, 1.54) is 17.1 Å². The highest BCUT2D eigenvalue weighted by atomic mass is 35.5. The Morgan fingerprint density at radius 3 is 2.80 bits per heavy atom. The van der Waals surface area contributed by atoms with Crippen molar-refractivity contribution in [3.05, 3.63) is 34.2 Å². The first-order valence-electron chi connectivity index (χ1n) is 6.85. The van der Waals surface area contributed by atoms with Crippen LogP contribution in [0.4, 0.5) is 0 Å². The smallest absolute Gasteiger partial charge is 0.254 e. The summed E-state index contributed by atoms with van der Waals surface area (Å²) in [7, 11) is 1.69. The van der Waals surface area contributed by atoms with Crippen LogP contribution in [0.1, 0.15) is 29.6 Å². The van der Waals surface area contributed by atoms with E-state index >= 15 is 0 Å². The monoisotopic (exact) mass is 297 g/mol. The van der Waals surface area contributed by atoms with Crippen molar-refractivity contribution in [2.24, 2.45) is 7.05 Å². The van der Waals surface area contributed by atoms with Crippen LogP contribution in [0.3, 0.4) is 0 Å².